The number of benzene rings is 2. The van der Waals surface area contributed by atoms with E-state index in [-0.39, 0.29) is 18.7 Å². The van der Waals surface area contributed by atoms with Crippen molar-refractivity contribution in [3.8, 4) is 6.07 Å². The van der Waals surface area contributed by atoms with Gasteiger partial charge in [-0.2, -0.15) is 5.26 Å². The second-order valence-corrected chi connectivity index (χ2v) is 5.98. The highest BCUT2D eigenvalue weighted by atomic mass is 16.2. The highest BCUT2D eigenvalue weighted by molar-refractivity contribution is 5.95. The van der Waals surface area contributed by atoms with E-state index in [1.807, 2.05) is 73.7 Å². The van der Waals surface area contributed by atoms with Crippen LogP contribution >= 0.6 is 0 Å². The lowest BCUT2D eigenvalue weighted by Gasteiger charge is -2.31. The van der Waals surface area contributed by atoms with Gasteiger partial charge in [0, 0.05) is 6.42 Å². The summed E-state index contributed by atoms with van der Waals surface area (Å²) in [6.45, 7) is 1.81. The fourth-order valence-electron chi connectivity index (χ4n) is 2.77. The van der Waals surface area contributed by atoms with Gasteiger partial charge < -0.3 is 11.1 Å². The maximum Gasteiger partial charge on any atom is 0.240 e. The van der Waals surface area contributed by atoms with Crippen LogP contribution in [0.4, 0.5) is 0 Å². The zero-order chi connectivity index (χ0) is 18.3. The molecule has 3 N–H and O–H groups in total. The first kappa shape index (κ1) is 18.2. The summed E-state index contributed by atoms with van der Waals surface area (Å²) in [6.07, 6.45) is 0.332. The Kier molecular flexibility index (Phi) is 5.91. The van der Waals surface area contributed by atoms with Crippen LogP contribution < -0.4 is 11.1 Å². The van der Waals surface area contributed by atoms with Crippen LogP contribution in [-0.2, 0) is 15.0 Å². The predicted molar refractivity (Wildman–Crippen MR) is 95.3 cm³/mol. The molecule has 128 valence electrons. The smallest absolute Gasteiger partial charge is 0.240 e. The molecule has 0 saturated carbocycles. The molecule has 0 saturated heterocycles. The van der Waals surface area contributed by atoms with Gasteiger partial charge in [-0.3, -0.25) is 9.59 Å². The van der Waals surface area contributed by atoms with Crippen LogP contribution in [-0.4, -0.2) is 17.9 Å². The first-order valence-corrected chi connectivity index (χ1v) is 8.08. The summed E-state index contributed by atoms with van der Waals surface area (Å²) >= 11 is 0. The van der Waals surface area contributed by atoms with Crippen LogP contribution in [0.3, 0.4) is 0 Å². The summed E-state index contributed by atoms with van der Waals surface area (Å²) in [5, 5.41) is 11.5. The Bertz CT molecular complexity index is 727. The third-order valence-electron chi connectivity index (χ3n) is 4.35. The second kappa shape index (κ2) is 8.11. The van der Waals surface area contributed by atoms with Gasteiger partial charge in [0.25, 0.3) is 0 Å². The van der Waals surface area contributed by atoms with Gasteiger partial charge in [-0.05, 0) is 24.5 Å². The Hall–Kier alpha value is -3.13. The number of nitriles is 1. The van der Waals surface area contributed by atoms with Crippen molar-refractivity contribution < 1.29 is 9.59 Å². The molecule has 0 aliphatic heterocycles. The molecule has 1 atom stereocenters. The van der Waals surface area contributed by atoms with Crippen molar-refractivity contribution in [2.75, 3.05) is 0 Å². The standard InChI is InChI=1S/C20H21N3O2/c1-20(15-9-4-2-5-10-15,16-11-6-3-7-12-16)19(25)23-17(18(22)24)13-8-14-21/h2-7,9-12,17H,8,13H2,1H3,(H2,22,24)(H,23,25)/t17-/m0/s1. The molecule has 0 heterocycles. The normalized spacial score (nSPS) is 12.0. The van der Waals surface area contributed by atoms with Gasteiger partial charge in [0.05, 0.1) is 11.5 Å². The minimum atomic E-state index is -0.983. The SMILES string of the molecule is CC(C(=O)N[C@@H](CCC#N)C(N)=O)(c1ccccc1)c1ccccc1. The van der Waals surface area contributed by atoms with Crippen LogP contribution in [0.2, 0.25) is 0 Å². The fraction of sp³-hybridized carbons (Fsp3) is 0.250. The third-order valence-corrected chi connectivity index (χ3v) is 4.35. The molecule has 0 aliphatic rings. The minimum Gasteiger partial charge on any atom is -0.368 e. The summed E-state index contributed by atoms with van der Waals surface area (Å²) in [4.78, 5) is 24.8. The Labute approximate surface area is 147 Å². The maximum atomic E-state index is 13.1. The number of carbonyl (C=O) groups excluding carboxylic acids is 2. The lowest BCUT2D eigenvalue weighted by Crippen LogP contribution is -2.51. The molecule has 0 radical (unpaired) electrons. The maximum absolute atomic E-state index is 13.1. The van der Waals surface area contributed by atoms with Crippen LogP contribution in [0.15, 0.2) is 60.7 Å². The largest absolute Gasteiger partial charge is 0.368 e. The van der Waals surface area contributed by atoms with E-state index < -0.39 is 17.4 Å². The average Bonchev–Trinajstić information content (AvgIpc) is 2.65. The van der Waals surface area contributed by atoms with Gasteiger partial charge in [0.2, 0.25) is 11.8 Å². The fourth-order valence-corrected chi connectivity index (χ4v) is 2.77. The summed E-state index contributed by atoms with van der Waals surface area (Å²) in [5.41, 5.74) is 6.02. The van der Waals surface area contributed by atoms with Crippen molar-refractivity contribution in [3.05, 3.63) is 71.8 Å². The van der Waals surface area contributed by atoms with Crippen LogP contribution in [0.25, 0.3) is 0 Å². The molecule has 0 aliphatic carbocycles. The number of nitrogens with two attached hydrogens (primary N) is 1. The highest BCUT2D eigenvalue weighted by Crippen LogP contribution is 2.32. The van der Waals surface area contributed by atoms with Crippen molar-refractivity contribution in [2.24, 2.45) is 5.73 Å². The first-order chi connectivity index (χ1) is 12.0. The number of primary amides is 1. The molecule has 5 heteroatoms. The summed E-state index contributed by atoms with van der Waals surface area (Å²) in [5.74, 6) is -0.973. The molecule has 2 aromatic rings. The molecular weight excluding hydrogens is 314 g/mol. The summed E-state index contributed by atoms with van der Waals surface area (Å²) < 4.78 is 0. The number of nitrogens with zero attached hydrogens (tertiary/aromatic N) is 1. The van der Waals surface area contributed by atoms with E-state index in [4.69, 9.17) is 11.0 Å². The molecule has 0 bridgehead atoms. The van der Waals surface area contributed by atoms with Crippen molar-refractivity contribution in [1.82, 2.24) is 5.32 Å². The Morgan fingerprint density at radius 3 is 1.96 bits per heavy atom. The molecule has 0 aromatic heterocycles. The Morgan fingerprint density at radius 2 is 1.56 bits per heavy atom. The van der Waals surface area contributed by atoms with Gasteiger partial charge in [-0.1, -0.05) is 60.7 Å². The molecule has 2 aromatic carbocycles. The second-order valence-electron chi connectivity index (χ2n) is 5.98. The number of carbonyl (C=O) groups is 2. The third kappa shape index (κ3) is 4.04. The molecule has 0 spiro atoms. The minimum absolute atomic E-state index is 0.140. The number of hydrogen-bond acceptors (Lipinski definition) is 3. The Balaban J connectivity index is 2.41. The van der Waals surface area contributed by atoms with Gasteiger partial charge in [0.1, 0.15) is 6.04 Å². The highest BCUT2D eigenvalue weighted by Gasteiger charge is 2.38. The molecular formula is C20H21N3O2. The van der Waals surface area contributed by atoms with E-state index in [0.29, 0.717) is 0 Å². The zero-order valence-electron chi connectivity index (χ0n) is 14.1. The predicted octanol–water partition coefficient (Wildman–Crippen LogP) is 2.27. The van der Waals surface area contributed by atoms with E-state index in [2.05, 4.69) is 5.32 Å². The van der Waals surface area contributed by atoms with Gasteiger partial charge in [0.15, 0.2) is 0 Å². The summed E-state index contributed by atoms with van der Waals surface area (Å²) in [7, 11) is 0. The molecule has 2 rings (SSSR count). The van der Waals surface area contributed by atoms with Crippen molar-refractivity contribution >= 4 is 11.8 Å². The number of rotatable bonds is 7. The van der Waals surface area contributed by atoms with Gasteiger partial charge in [-0.15, -0.1) is 0 Å². The van der Waals surface area contributed by atoms with E-state index in [1.165, 1.54) is 0 Å². The number of hydrogen-bond donors (Lipinski definition) is 2. The zero-order valence-corrected chi connectivity index (χ0v) is 14.1. The van der Waals surface area contributed by atoms with E-state index in [0.717, 1.165) is 11.1 Å². The Morgan fingerprint density at radius 1 is 1.08 bits per heavy atom. The number of nitrogens with one attached hydrogen (secondary N) is 1. The van der Waals surface area contributed by atoms with Crippen LogP contribution in [0.1, 0.15) is 30.9 Å². The van der Waals surface area contributed by atoms with Crippen LogP contribution in [0.5, 0.6) is 0 Å². The van der Waals surface area contributed by atoms with Crippen molar-refractivity contribution in [3.63, 3.8) is 0 Å². The van der Waals surface area contributed by atoms with E-state index >= 15 is 0 Å². The van der Waals surface area contributed by atoms with E-state index in [1.54, 1.807) is 0 Å². The lowest BCUT2D eigenvalue weighted by molar-refractivity contribution is -0.130. The molecule has 5 nitrogen and oxygen atoms in total. The quantitative estimate of drug-likeness (QED) is 0.812. The lowest BCUT2D eigenvalue weighted by atomic mass is 9.75. The van der Waals surface area contributed by atoms with Crippen LogP contribution in [0, 0.1) is 11.3 Å². The molecule has 0 unspecified atom stereocenters. The van der Waals surface area contributed by atoms with E-state index in [9.17, 15) is 9.59 Å². The van der Waals surface area contributed by atoms with Crippen molar-refractivity contribution in [2.45, 2.75) is 31.2 Å². The van der Waals surface area contributed by atoms with Crippen molar-refractivity contribution in [1.29, 1.82) is 5.26 Å². The number of amides is 2. The van der Waals surface area contributed by atoms with Gasteiger partial charge in [-0.25, -0.2) is 0 Å². The monoisotopic (exact) mass is 335 g/mol. The van der Waals surface area contributed by atoms with Gasteiger partial charge >= 0.3 is 0 Å². The average molecular weight is 335 g/mol. The molecule has 25 heavy (non-hydrogen) atoms. The summed E-state index contributed by atoms with van der Waals surface area (Å²) in [6, 6.07) is 19.8. The molecule has 0 fully saturated rings. The molecule has 2 amide bonds. The topological polar surface area (TPSA) is 96.0 Å². The first-order valence-electron chi connectivity index (χ1n) is 8.08.